The van der Waals surface area contributed by atoms with Crippen molar-refractivity contribution in [1.82, 2.24) is 0 Å². The van der Waals surface area contributed by atoms with Crippen molar-refractivity contribution in [1.29, 1.82) is 0 Å². The van der Waals surface area contributed by atoms with Crippen LogP contribution in [0.5, 0.6) is 0 Å². The fraction of sp³-hybridized carbons (Fsp3) is 1.00. The van der Waals surface area contributed by atoms with Crippen LogP contribution in [0, 0.1) is 17.8 Å². The van der Waals surface area contributed by atoms with Crippen molar-refractivity contribution in [3.63, 3.8) is 0 Å². The highest BCUT2D eigenvalue weighted by molar-refractivity contribution is 4.80. The topological polar surface area (TPSA) is 0 Å². The summed E-state index contributed by atoms with van der Waals surface area (Å²) >= 11 is 0. The van der Waals surface area contributed by atoms with E-state index in [9.17, 15) is 0 Å². The largest absolute Gasteiger partial charge is 0.0622 e. The first-order chi connectivity index (χ1) is 5.36. The molecule has 2 saturated carbocycles. The van der Waals surface area contributed by atoms with Gasteiger partial charge in [0.25, 0.3) is 0 Å². The van der Waals surface area contributed by atoms with E-state index in [1.165, 1.54) is 25.7 Å². The standard InChI is InChI=1S/C11H20/c1-9-4-2-5-10-6-3-7-11(9)8-10/h9-11H,2-8H2,1H3. The van der Waals surface area contributed by atoms with Gasteiger partial charge in [-0.3, -0.25) is 0 Å². The van der Waals surface area contributed by atoms with Gasteiger partial charge in [0.2, 0.25) is 0 Å². The first-order valence-electron chi connectivity index (χ1n) is 5.36. The Kier molecular flexibility index (Phi) is 2.20. The second-order valence-electron chi connectivity index (χ2n) is 4.70. The third-order valence-electron chi connectivity index (χ3n) is 3.90. The van der Waals surface area contributed by atoms with Crippen LogP contribution in [0.3, 0.4) is 0 Å². The third-order valence-corrected chi connectivity index (χ3v) is 3.90. The summed E-state index contributed by atoms with van der Waals surface area (Å²) < 4.78 is 0. The zero-order chi connectivity index (χ0) is 7.68. The van der Waals surface area contributed by atoms with Gasteiger partial charge in [-0.15, -0.1) is 0 Å². The molecular formula is C11H20. The molecule has 11 heavy (non-hydrogen) atoms. The van der Waals surface area contributed by atoms with Crippen LogP contribution >= 0.6 is 0 Å². The highest BCUT2D eigenvalue weighted by Crippen LogP contribution is 2.40. The average molecular weight is 152 g/mol. The van der Waals surface area contributed by atoms with Crippen LogP contribution in [0.1, 0.15) is 51.9 Å². The van der Waals surface area contributed by atoms with Gasteiger partial charge in [-0.25, -0.2) is 0 Å². The molecule has 2 rings (SSSR count). The first kappa shape index (κ1) is 7.64. The van der Waals surface area contributed by atoms with Crippen molar-refractivity contribution in [2.75, 3.05) is 0 Å². The Labute approximate surface area is 70.4 Å². The fourth-order valence-electron chi connectivity index (χ4n) is 3.08. The number of fused-ring (bicyclic) bond motifs is 2. The maximum atomic E-state index is 2.47. The van der Waals surface area contributed by atoms with Crippen LogP contribution in [-0.4, -0.2) is 0 Å². The summed E-state index contributed by atoms with van der Waals surface area (Å²) in [5.74, 6) is 3.27. The number of hydrogen-bond donors (Lipinski definition) is 0. The van der Waals surface area contributed by atoms with Crippen molar-refractivity contribution in [2.24, 2.45) is 17.8 Å². The molecule has 64 valence electrons. The van der Waals surface area contributed by atoms with Crippen molar-refractivity contribution >= 4 is 0 Å². The Morgan fingerprint density at radius 3 is 2.45 bits per heavy atom. The van der Waals surface area contributed by atoms with E-state index in [4.69, 9.17) is 0 Å². The lowest BCUT2D eigenvalue weighted by Gasteiger charge is -2.29. The molecule has 0 aromatic carbocycles. The minimum absolute atomic E-state index is 1.04. The average Bonchev–Trinajstić information content (AvgIpc) is 2.14. The van der Waals surface area contributed by atoms with E-state index in [0.717, 1.165) is 17.8 Å². The molecule has 0 aliphatic heterocycles. The normalized spacial score (nSPS) is 45.0. The van der Waals surface area contributed by atoms with E-state index in [2.05, 4.69) is 6.92 Å². The fourth-order valence-corrected chi connectivity index (χ4v) is 3.08. The molecule has 2 fully saturated rings. The maximum Gasteiger partial charge on any atom is -0.0386 e. The van der Waals surface area contributed by atoms with Gasteiger partial charge < -0.3 is 0 Å². The molecule has 0 nitrogen and oxygen atoms in total. The summed E-state index contributed by atoms with van der Waals surface area (Å²) in [6.45, 7) is 2.47. The summed E-state index contributed by atoms with van der Waals surface area (Å²) in [6, 6.07) is 0. The smallest absolute Gasteiger partial charge is 0.0386 e. The second-order valence-corrected chi connectivity index (χ2v) is 4.70. The SMILES string of the molecule is CC1CCCC2CCCC1C2. The van der Waals surface area contributed by atoms with E-state index in [0.29, 0.717) is 0 Å². The predicted octanol–water partition coefficient (Wildman–Crippen LogP) is 3.61. The summed E-state index contributed by atoms with van der Waals surface area (Å²) in [5, 5.41) is 0. The van der Waals surface area contributed by atoms with Crippen LogP contribution in [0.25, 0.3) is 0 Å². The van der Waals surface area contributed by atoms with E-state index in [-0.39, 0.29) is 0 Å². The van der Waals surface area contributed by atoms with Crippen molar-refractivity contribution in [3.05, 3.63) is 0 Å². The molecule has 0 radical (unpaired) electrons. The molecule has 0 aromatic heterocycles. The van der Waals surface area contributed by atoms with Crippen molar-refractivity contribution in [2.45, 2.75) is 51.9 Å². The molecule has 2 bridgehead atoms. The van der Waals surface area contributed by atoms with Gasteiger partial charge in [-0.1, -0.05) is 45.4 Å². The zero-order valence-corrected chi connectivity index (χ0v) is 7.68. The lowest BCUT2D eigenvalue weighted by molar-refractivity contribution is 0.226. The Morgan fingerprint density at radius 1 is 0.909 bits per heavy atom. The van der Waals surface area contributed by atoms with Gasteiger partial charge in [-0.2, -0.15) is 0 Å². The van der Waals surface area contributed by atoms with Crippen LogP contribution in [0.15, 0.2) is 0 Å². The summed E-state index contributed by atoms with van der Waals surface area (Å²) in [4.78, 5) is 0. The van der Waals surface area contributed by atoms with E-state index < -0.39 is 0 Å². The minimum atomic E-state index is 1.04. The Morgan fingerprint density at radius 2 is 1.64 bits per heavy atom. The summed E-state index contributed by atoms with van der Waals surface area (Å²) in [6.07, 6.45) is 10.8. The Bertz CT molecular complexity index is 126. The summed E-state index contributed by atoms with van der Waals surface area (Å²) in [5.41, 5.74) is 0. The van der Waals surface area contributed by atoms with Crippen molar-refractivity contribution < 1.29 is 0 Å². The summed E-state index contributed by atoms with van der Waals surface area (Å²) in [7, 11) is 0. The molecule has 0 saturated heterocycles. The molecule has 3 atom stereocenters. The molecular weight excluding hydrogens is 132 g/mol. The molecule has 0 aromatic rings. The van der Waals surface area contributed by atoms with E-state index in [1.54, 1.807) is 19.3 Å². The van der Waals surface area contributed by atoms with Gasteiger partial charge >= 0.3 is 0 Å². The lowest BCUT2D eigenvalue weighted by Crippen LogP contribution is -2.17. The first-order valence-corrected chi connectivity index (χ1v) is 5.36. The monoisotopic (exact) mass is 152 g/mol. The highest BCUT2D eigenvalue weighted by Gasteiger charge is 2.28. The van der Waals surface area contributed by atoms with Gasteiger partial charge in [0, 0.05) is 0 Å². The van der Waals surface area contributed by atoms with Gasteiger partial charge in [0.15, 0.2) is 0 Å². The Balaban J connectivity index is 2.02. The zero-order valence-electron chi connectivity index (χ0n) is 7.68. The molecule has 3 unspecified atom stereocenters. The van der Waals surface area contributed by atoms with Crippen LogP contribution in [-0.2, 0) is 0 Å². The lowest BCUT2D eigenvalue weighted by atomic mass is 9.77. The van der Waals surface area contributed by atoms with Gasteiger partial charge in [-0.05, 0) is 24.2 Å². The quantitative estimate of drug-likeness (QED) is 0.497. The molecule has 2 aliphatic carbocycles. The predicted molar refractivity (Wildman–Crippen MR) is 48.5 cm³/mol. The number of hydrogen-bond acceptors (Lipinski definition) is 0. The maximum absolute atomic E-state index is 2.47. The molecule has 0 heterocycles. The van der Waals surface area contributed by atoms with Crippen molar-refractivity contribution in [3.8, 4) is 0 Å². The minimum Gasteiger partial charge on any atom is -0.0622 e. The second kappa shape index (κ2) is 3.16. The van der Waals surface area contributed by atoms with Gasteiger partial charge in [0.1, 0.15) is 0 Å². The number of rotatable bonds is 0. The Hall–Kier alpha value is 0. The third kappa shape index (κ3) is 1.60. The highest BCUT2D eigenvalue weighted by atomic mass is 14.3. The molecule has 0 spiro atoms. The van der Waals surface area contributed by atoms with Crippen LogP contribution in [0.2, 0.25) is 0 Å². The van der Waals surface area contributed by atoms with Crippen LogP contribution < -0.4 is 0 Å². The molecule has 0 N–H and O–H groups in total. The molecule has 2 aliphatic rings. The van der Waals surface area contributed by atoms with E-state index in [1.807, 2.05) is 0 Å². The van der Waals surface area contributed by atoms with Gasteiger partial charge in [0.05, 0.1) is 0 Å². The molecule has 0 heteroatoms. The molecule has 0 amide bonds. The van der Waals surface area contributed by atoms with E-state index >= 15 is 0 Å². The van der Waals surface area contributed by atoms with Crippen LogP contribution in [0.4, 0.5) is 0 Å².